The quantitative estimate of drug-likeness (QED) is 0.632. The minimum absolute atomic E-state index is 0.0576. The van der Waals surface area contributed by atoms with Gasteiger partial charge in [0, 0.05) is 6.54 Å². The molecular weight excluding hydrogens is 208 g/mol. The van der Waals surface area contributed by atoms with Crippen LogP contribution in [0.3, 0.4) is 0 Å². The van der Waals surface area contributed by atoms with E-state index in [0.29, 0.717) is 12.8 Å². The van der Waals surface area contributed by atoms with Crippen LogP contribution in [0, 0.1) is 11.3 Å². The first-order valence-electron chi connectivity index (χ1n) is 5.66. The highest BCUT2D eigenvalue weighted by Gasteiger charge is 2.44. The molecule has 0 aromatic rings. The van der Waals surface area contributed by atoms with Crippen molar-refractivity contribution in [1.82, 2.24) is 5.32 Å². The van der Waals surface area contributed by atoms with Crippen molar-refractivity contribution in [3.05, 3.63) is 0 Å². The van der Waals surface area contributed by atoms with Crippen molar-refractivity contribution in [2.75, 3.05) is 6.54 Å². The molecule has 0 aromatic heterocycles. The van der Waals surface area contributed by atoms with E-state index in [1.165, 1.54) is 0 Å². The summed E-state index contributed by atoms with van der Waals surface area (Å²) in [5, 5.41) is 11.7. The number of carbonyl (C=O) groups is 2. The molecular formula is C11H20N2O3. The Hall–Kier alpha value is -1.10. The van der Waals surface area contributed by atoms with Crippen LogP contribution in [0.5, 0.6) is 0 Å². The Kier molecular flexibility index (Phi) is 3.91. The van der Waals surface area contributed by atoms with Crippen LogP contribution in [-0.4, -0.2) is 29.6 Å². The zero-order chi connectivity index (χ0) is 12.3. The molecule has 1 fully saturated rings. The molecule has 0 aliphatic heterocycles. The van der Waals surface area contributed by atoms with Crippen molar-refractivity contribution >= 4 is 11.9 Å². The number of nitrogens with two attached hydrogens (primary N) is 1. The number of nitrogens with one attached hydrogen (secondary N) is 1. The Morgan fingerprint density at radius 2 is 2.00 bits per heavy atom. The Morgan fingerprint density at radius 1 is 1.44 bits per heavy atom. The van der Waals surface area contributed by atoms with Crippen LogP contribution < -0.4 is 11.1 Å². The van der Waals surface area contributed by atoms with Crippen LogP contribution >= 0.6 is 0 Å². The van der Waals surface area contributed by atoms with Crippen LogP contribution in [0.1, 0.15) is 33.1 Å². The van der Waals surface area contributed by atoms with Gasteiger partial charge in [0.1, 0.15) is 0 Å². The summed E-state index contributed by atoms with van der Waals surface area (Å²) in [6, 6.07) is -0.564. The van der Waals surface area contributed by atoms with Gasteiger partial charge in [-0.1, -0.05) is 20.3 Å². The highest BCUT2D eigenvalue weighted by atomic mass is 16.4. The highest BCUT2D eigenvalue weighted by molar-refractivity contribution is 5.83. The van der Waals surface area contributed by atoms with E-state index in [1.54, 1.807) is 0 Å². The van der Waals surface area contributed by atoms with Crippen LogP contribution in [0.25, 0.3) is 0 Å². The third kappa shape index (κ3) is 2.52. The second kappa shape index (κ2) is 4.82. The largest absolute Gasteiger partial charge is 0.481 e. The SMILES string of the molecule is CC(C)C(N)C(=O)NCC1(C(=O)O)CCC1. The van der Waals surface area contributed by atoms with Crippen LogP contribution in [0.2, 0.25) is 0 Å². The Labute approximate surface area is 95.4 Å². The van der Waals surface area contributed by atoms with Gasteiger partial charge in [-0.25, -0.2) is 0 Å². The molecule has 0 radical (unpaired) electrons. The van der Waals surface area contributed by atoms with Gasteiger partial charge in [-0.05, 0) is 18.8 Å². The molecule has 5 heteroatoms. The second-order valence-electron chi connectivity index (χ2n) is 4.93. The van der Waals surface area contributed by atoms with Crippen LogP contribution in [-0.2, 0) is 9.59 Å². The van der Waals surface area contributed by atoms with Crippen molar-refractivity contribution < 1.29 is 14.7 Å². The molecule has 1 amide bonds. The summed E-state index contributed by atoms with van der Waals surface area (Å²) < 4.78 is 0. The maximum atomic E-state index is 11.6. The van der Waals surface area contributed by atoms with Crippen LogP contribution in [0.4, 0.5) is 0 Å². The summed E-state index contributed by atoms with van der Waals surface area (Å²) in [6.45, 7) is 3.92. The zero-order valence-corrected chi connectivity index (χ0v) is 9.82. The molecule has 92 valence electrons. The molecule has 5 nitrogen and oxygen atoms in total. The maximum absolute atomic E-state index is 11.6. The van der Waals surface area contributed by atoms with Crippen LogP contribution in [0.15, 0.2) is 0 Å². The van der Waals surface area contributed by atoms with E-state index in [4.69, 9.17) is 10.8 Å². The molecule has 1 aliphatic carbocycles. The predicted octanol–water partition coefficient (Wildman–Crippen LogP) is 0.341. The summed E-state index contributed by atoms with van der Waals surface area (Å²) in [6.07, 6.45) is 2.19. The molecule has 0 spiro atoms. The first kappa shape index (κ1) is 13.0. The first-order chi connectivity index (χ1) is 7.39. The van der Waals surface area contributed by atoms with E-state index in [2.05, 4.69) is 5.32 Å². The molecule has 0 aromatic carbocycles. The topological polar surface area (TPSA) is 92.4 Å². The fraction of sp³-hybridized carbons (Fsp3) is 0.818. The molecule has 1 rings (SSSR count). The first-order valence-corrected chi connectivity index (χ1v) is 5.66. The standard InChI is InChI=1S/C11H20N2O3/c1-7(2)8(12)9(14)13-6-11(10(15)16)4-3-5-11/h7-8H,3-6,12H2,1-2H3,(H,13,14)(H,15,16). The number of rotatable bonds is 5. The number of hydrogen-bond donors (Lipinski definition) is 3. The monoisotopic (exact) mass is 228 g/mol. The van der Waals surface area contributed by atoms with Crippen molar-refractivity contribution in [2.24, 2.45) is 17.1 Å². The average molecular weight is 228 g/mol. The molecule has 1 unspecified atom stereocenters. The summed E-state index contributed by atoms with van der Waals surface area (Å²) in [7, 11) is 0. The zero-order valence-electron chi connectivity index (χ0n) is 9.82. The normalized spacial score (nSPS) is 20.0. The van der Waals surface area contributed by atoms with E-state index in [0.717, 1.165) is 6.42 Å². The lowest BCUT2D eigenvalue weighted by molar-refractivity contribution is -0.154. The van der Waals surface area contributed by atoms with Crippen molar-refractivity contribution in [3.63, 3.8) is 0 Å². The molecule has 4 N–H and O–H groups in total. The third-order valence-electron chi connectivity index (χ3n) is 3.39. The number of hydrogen-bond acceptors (Lipinski definition) is 3. The molecule has 1 saturated carbocycles. The molecule has 0 heterocycles. The van der Waals surface area contributed by atoms with E-state index in [-0.39, 0.29) is 18.4 Å². The number of carbonyl (C=O) groups excluding carboxylic acids is 1. The van der Waals surface area contributed by atoms with E-state index >= 15 is 0 Å². The van der Waals surface area contributed by atoms with E-state index in [1.807, 2.05) is 13.8 Å². The molecule has 0 bridgehead atoms. The van der Waals surface area contributed by atoms with Gasteiger partial charge < -0.3 is 16.2 Å². The molecule has 1 aliphatic rings. The smallest absolute Gasteiger partial charge is 0.311 e. The van der Waals surface area contributed by atoms with Gasteiger partial charge in [-0.2, -0.15) is 0 Å². The lowest BCUT2D eigenvalue weighted by Crippen LogP contribution is -2.52. The van der Waals surface area contributed by atoms with E-state index < -0.39 is 17.4 Å². The number of carboxylic acid groups (broad SMARTS) is 1. The summed E-state index contributed by atoms with van der Waals surface area (Å²) in [4.78, 5) is 22.6. The van der Waals surface area contributed by atoms with Crippen molar-refractivity contribution in [2.45, 2.75) is 39.2 Å². The predicted molar refractivity (Wildman–Crippen MR) is 59.7 cm³/mol. The fourth-order valence-electron chi connectivity index (χ4n) is 1.75. The maximum Gasteiger partial charge on any atom is 0.311 e. The highest BCUT2D eigenvalue weighted by Crippen LogP contribution is 2.40. The Bertz CT molecular complexity index is 285. The number of carboxylic acids is 1. The summed E-state index contributed by atoms with van der Waals surface area (Å²) >= 11 is 0. The minimum atomic E-state index is -0.822. The molecule has 0 saturated heterocycles. The Morgan fingerprint density at radius 3 is 2.31 bits per heavy atom. The Balaban J connectivity index is 2.45. The van der Waals surface area contributed by atoms with Gasteiger partial charge in [0.05, 0.1) is 11.5 Å². The summed E-state index contributed by atoms with van der Waals surface area (Å²) in [5.41, 5.74) is 4.92. The summed E-state index contributed by atoms with van der Waals surface area (Å²) in [5.74, 6) is -1.03. The lowest BCUT2D eigenvalue weighted by Gasteiger charge is -2.37. The molecule has 16 heavy (non-hydrogen) atoms. The fourth-order valence-corrected chi connectivity index (χ4v) is 1.75. The third-order valence-corrected chi connectivity index (χ3v) is 3.39. The van der Waals surface area contributed by atoms with Gasteiger partial charge in [0.15, 0.2) is 0 Å². The molecule has 1 atom stereocenters. The van der Waals surface area contributed by atoms with E-state index in [9.17, 15) is 9.59 Å². The van der Waals surface area contributed by atoms with Gasteiger partial charge >= 0.3 is 5.97 Å². The number of amides is 1. The van der Waals surface area contributed by atoms with Gasteiger partial charge in [0.25, 0.3) is 0 Å². The van der Waals surface area contributed by atoms with Crippen molar-refractivity contribution in [3.8, 4) is 0 Å². The van der Waals surface area contributed by atoms with Gasteiger partial charge in [0.2, 0.25) is 5.91 Å². The average Bonchev–Trinajstić information content (AvgIpc) is 2.13. The van der Waals surface area contributed by atoms with Crippen molar-refractivity contribution in [1.29, 1.82) is 0 Å². The lowest BCUT2D eigenvalue weighted by atomic mass is 9.69. The van der Waals surface area contributed by atoms with Gasteiger partial charge in [-0.3, -0.25) is 9.59 Å². The van der Waals surface area contributed by atoms with Gasteiger partial charge in [-0.15, -0.1) is 0 Å². The second-order valence-corrected chi connectivity index (χ2v) is 4.93. The minimum Gasteiger partial charge on any atom is -0.481 e. The number of aliphatic carboxylic acids is 1.